The van der Waals surface area contributed by atoms with E-state index >= 15 is 0 Å². The molecule has 3 aromatic rings. The average molecular weight is 526 g/mol. The number of β-lactam (4-membered cyclic amide) rings is 1. The highest BCUT2D eigenvalue weighted by Crippen LogP contribution is 2.47. The van der Waals surface area contributed by atoms with E-state index in [0.29, 0.717) is 32.8 Å². The van der Waals surface area contributed by atoms with Crippen molar-refractivity contribution in [1.29, 1.82) is 0 Å². The van der Waals surface area contributed by atoms with Gasteiger partial charge in [-0.15, -0.1) is 0 Å². The number of fused-ring (bicyclic) bond motifs is 2. The van der Waals surface area contributed by atoms with Crippen LogP contribution in [0, 0.1) is 10.1 Å². The molecular formula is C24H13Cl2N3O7. The summed E-state index contributed by atoms with van der Waals surface area (Å²) in [6.07, 6.45) is 0. The van der Waals surface area contributed by atoms with Crippen LogP contribution in [0.1, 0.15) is 32.3 Å². The standard InChI is InChI=1S/C24H13Cl2N3O7/c25-12-6-13(26)8-15(7-12)27-20(11-1-4-18-19(5-11)36-10-35-18)21(24(27)32)28-22(30)16-3-2-14(29(33)34)9-17(16)23(28)31/h1-9,20-21H,10H2/t20-,21+/m1/s1. The predicted molar refractivity (Wildman–Crippen MR) is 127 cm³/mol. The third-order valence-corrected chi connectivity index (χ3v) is 6.76. The second-order valence-electron chi connectivity index (χ2n) is 8.31. The third kappa shape index (κ3) is 3.22. The first-order valence-corrected chi connectivity index (χ1v) is 11.4. The molecule has 12 heteroatoms. The van der Waals surface area contributed by atoms with Gasteiger partial charge in [-0.1, -0.05) is 29.3 Å². The lowest BCUT2D eigenvalue weighted by molar-refractivity contribution is -0.384. The number of non-ortho nitro benzene ring substituents is 1. The Hall–Kier alpha value is -4.15. The topological polar surface area (TPSA) is 119 Å². The molecule has 3 aliphatic rings. The van der Waals surface area contributed by atoms with Gasteiger partial charge >= 0.3 is 0 Å². The maximum absolute atomic E-state index is 13.5. The average Bonchev–Trinajstić information content (AvgIpc) is 3.39. The van der Waals surface area contributed by atoms with Gasteiger partial charge in [0, 0.05) is 27.9 Å². The lowest BCUT2D eigenvalue weighted by atomic mass is 9.86. The Morgan fingerprint density at radius 2 is 1.50 bits per heavy atom. The summed E-state index contributed by atoms with van der Waals surface area (Å²) in [4.78, 5) is 52.9. The van der Waals surface area contributed by atoms with Crippen molar-refractivity contribution in [3.8, 4) is 11.5 Å². The molecule has 0 saturated carbocycles. The number of hydrogen-bond acceptors (Lipinski definition) is 7. The van der Waals surface area contributed by atoms with E-state index in [1.54, 1.807) is 30.3 Å². The number of benzene rings is 3. The fourth-order valence-corrected chi connectivity index (χ4v) is 5.25. The van der Waals surface area contributed by atoms with Crippen molar-refractivity contribution in [3.05, 3.63) is 91.4 Å². The molecule has 1 saturated heterocycles. The van der Waals surface area contributed by atoms with E-state index in [2.05, 4.69) is 0 Å². The summed E-state index contributed by atoms with van der Waals surface area (Å²) in [6, 6.07) is 11.1. The first kappa shape index (κ1) is 22.3. The van der Waals surface area contributed by atoms with Crippen molar-refractivity contribution in [2.45, 2.75) is 12.1 Å². The molecule has 0 N–H and O–H groups in total. The minimum absolute atomic E-state index is 0.00733. The van der Waals surface area contributed by atoms with Crippen LogP contribution < -0.4 is 14.4 Å². The molecule has 3 heterocycles. The van der Waals surface area contributed by atoms with Gasteiger partial charge < -0.3 is 14.4 Å². The predicted octanol–water partition coefficient (Wildman–Crippen LogP) is 4.38. The molecule has 1 fully saturated rings. The van der Waals surface area contributed by atoms with Crippen LogP contribution >= 0.6 is 23.2 Å². The highest BCUT2D eigenvalue weighted by atomic mass is 35.5. The summed E-state index contributed by atoms with van der Waals surface area (Å²) < 4.78 is 10.8. The summed E-state index contributed by atoms with van der Waals surface area (Å²) in [6.45, 7) is 0.0383. The van der Waals surface area contributed by atoms with Crippen molar-refractivity contribution in [3.63, 3.8) is 0 Å². The number of hydrogen-bond donors (Lipinski definition) is 0. The van der Waals surface area contributed by atoms with E-state index in [1.807, 2.05) is 0 Å². The van der Waals surface area contributed by atoms with Crippen LogP contribution in [0.3, 0.4) is 0 Å². The Morgan fingerprint density at radius 1 is 0.806 bits per heavy atom. The van der Waals surface area contributed by atoms with Gasteiger partial charge in [-0.2, -0.15) is 0 Å². The van der Waals surface area contributed by atoms with Crippen LogP contribution in [0.25, 0.3) is 0 Å². The van der Waals surface area contributed by atoms with Crippen LogP contribution in [-0.2, 0) is 4.79 Å². The number of nitro groups is 1. The monoisotopic (exact) mass is 525 g/mol. The van der Waals surface area contributed by atoms with E-state index in [-0.39, 0.29) is 23.6 Å². The largest absolute Gasteiger partial charge is 0.454 e. The molecule has 0 radical (unpaired) electrons. The van der Waals surface area contributed by atoms with Crippen LogP contribution in [0.2, 0.25) is 10.0 Å². The number of rotatable bonds is 4. The van der Waals surface area contributed by atoms with Gasteiger partial charge in [0.05, 0.1) is 22.1 Å². The number of imide groups is 1. The second kappa shape index (κ2) is 7.94. The lowest BCUT2D eigenvalue weighted by Crippen LogP contribution is -2.67. The molecule has 180 valence electrons. The number of amides is 3. The molecule has 0 spiro atoms. The molecule has 3 aliphatic heterocycles. The zero-order valence-corrected chi connectivity index (χ0v) is 19.5. The SMILES string of the molecule is O=C1c2ccc([N+](=O)[O-])cc2C(=O)N1[C@@H]1C(=O)N(c2cc(Cl)cc(Cl)c2)[C@@H]1c1ccc2c(c1)OCO2. The molecule has 3 aromatic carbocycles. The number of nitrogens with zero attached hydrogens (tertiary/aromatic N) is 3. The number of halogens is 2. The Bertz CT molecular complexity index is 1510. The lowest BCUT2D eigenvalue weighted by Gasteiger charge is -2.49. The van der Waals surface area contributed by atoms with E-state index in [4.69, 9.17) is 32.7 Å². The molecule has 6 rings (SSSR count). The quantitative estimate of drug-likeness (QED) is 0.214. The fraction of sp³-hybridized carbons (Fsp3) is 0.125. The molecular weight excluding hydrogens is 513 g/mol. The first-order valence-electron chi connectivity index (χ1n) is 10.6. The fourth-order valence-electron chi connectivity index (χ4n) is 4.73. The molecule has 2 atom stereocenters. The molecule has 0 bridgehead atoms. The highest BCUT2D eigenvalue weighted by Gasteiger charge is 2.57. The number of carbonyl (C=O) groups excluding carboxylic acids is 3. The van der Waals surface area contributed by atoms with E-state index in [9.17, 15) is 24.5 Å². The number of anilines is 1. The normalized spacial score (nSPS) is 20.0. The Balaban J connectivity index is 1.45. The van der Waals surface area contributed by atoms with Crippen molar-refractivity contribution < 1.29 is 28.8 Å². The first-order chi connectivity index (χ1) is 17.2. The van der Waals surface area contributed by atoms with Crippen LogP contribution in [0.15, 0.2) is 54.6 Å². The van der Waals surface area contributed by atoms with Gasteiger partial charge in [-0.3, -0.25) is 29.4 Å². The summed E-state index contributed by atoms with van der Waals surface area (Å²) in [7, 11) is 0. The van der Waals surface area contributed by atoms with E-state index < -0.39 is 34.7 Å². The summed E-state index contributed by atoms with van der Waals surface area (Å²) in [5.74, 6) is -1.07. The second-order valence-corrected chi connectivity index (χ2v) is 9.18. The van der Waals surface area contributed by atoms with Crippen molar-refractivity contribution in [2.75, 3.05) is 11.7 Å². The molecule has 10 nitrogen and oxygen atoms in total. The Labute approximate surface area is 212 Å². The molecule has 0 unspecified atom stereocenters. The van der Waals surface area contributed by atoms with Crippen molar-refractivity contribution in [2.24, 2.45) is 0 Å². The maximum Gasteiger partial charge on any atom is 0.270 e. The molecule has 0 aromatic heterocycles. The van der Waals surface area contributed by atoms with Gasteiger partial charge in [0.1, 0.15) is 6.04 Å². The number of nitro benzene ring substituents is 1. The van der Waals surface area contributed by atoms with Crippen molar-refractivity contribution in [1.82, 2.24) is 4.90 Å². The zero-order chi connectivity index (χ0) is 25.3. The van der Waals surface area contributed by atoms with Crippen molar-refractivity contribution >= 4 is 52.3 Å². The van der Waals surface area contributed by atoms with Crippen LogP contribution in [0.5, 0.6) is 11.5 Å². The highest BCUT2D eigenvalue weighted by molar-refractivity contribution is 6.35. The Kier molecular flexibility index (Phi) is 4.92. The van der Waals surface area contributed by atoms with E-state index in [0.717, 1.165) is 17.0 Å². The maximum atomic E-state index is 13.5. The zero-order valence-electron chi connectivity index (χ0n) is 18.0. The van der Waals surface area contributed by atoms with E-state index in [1.165, 1.54) is 17.0 Å². The third-order valence-electron chi connectivity index (χ3n) is 6.32. The number of carbonyl (C=O) groups is 3. The smallest absolute Gasteiger partial charge is 0.270 e. The minimum Gasteiger partial charge on any atom is -0.454 e. The van der Waals surface area contributed by atoms with Crippen LogP contribution in [-0.4, -0.2) is 40.4 Å². The molecule has 36 heavy (non-hydrogen) atoms. The Morgan fingerprint density at radius 3 is 2.22 bits per heavy atom. The minimum atomic E-state index is -1.21. The van der Waals surface area contributed by atoms with Crippen LogP contribution in [0.4, 0.5) is 11.4 Å². The van der Waals surface area contributed by atoms with Gasteiger partial charge in [-0.25, -0.2) is 0 Å². The molecule has 3 amide bonds. The van der Waals surface area contributed by atoms with Gasteiger partial charge in [0.15, 0.2) is 11.5 Å². The van der Waals surface area contributed by atoms with Gasteiger partial charge in [-0.05, 0) is 42.0 Å². The van der Waals surface area contributed by atoms with Gasteiger partial charge in [0.25, 0.3) is 23.4 Å². The van der Waals surface area contributed by atoms with Gasteiger partial charge in [0.2, 0.25) is 6.79 Å². The number of ether oxygens (including phenoxy) is 2. The molecule has 0 aliphatic carbocycles. The summed E-state index contributed by atoms with van der Waals surface area (Å²) in [5.41, 5.74) is 0.480. The summed E-state index contributed by atoms with van der Waals surface area (Å²) >= 11 is 12.3. The summed E-state index contributed by atoms with van der Waals surface area (Å²) in [5, 5.41) is 11.8.